The molecule has 0 unspecified atom stereocenters. The number of benzene rings is 2. The van der Waals surface area contributed by atoms with Gasteiger partial charge in [-0.1, -0.05) is 12.1 Å². The van der Waals surface area contributed by atoms with Gasteiger partial charge in [-0.05, 0) is 54.8 Å². The molecule has 1 fully saturated rings. The van der Waals surface area contributed by atoms with Crippen molar-refractivity contribution in [2.24, 2.45) is 5.14 Å². The smallest absolute Gasteiger partial charge is 0.254 e. The molecule has 1 saturated heterocycles. The number of carbonyl (C=O) groups is 1. The molecule has 2 aromatic rings. The molecule has 7 heteroatoms. The minimum Gasteiger partial charge on any atom is -0.332 e. The third kappa shape index (κ3) is 3.32. The first-order chi connectivity index (χ1) is 11.4. The predicted octanol–water partition coefficient (Wildman–Crippen LogP) is 2.45. The molecular formula is C17H17FN2O3S. The molecule has 0 saturated carbocycles. The van der Waals surface area contributed by atoms with Crippen molar-refractivity contribution >= 4 is 15.9 Å². The van der Waals surface area contributed by atoms with Gasteiger partial charge in [-0.25, -0.2) is 17.9 Å². The second-order valence-corrected chi connectivity index (χ2v) is 7.34. The Balaban J connectivity index is 1.86. The number of rotatable bonds is 3. The van der Waals surface area contributed by atoms with Gasteiger partial charge < -0.3 is 4.90 Å². The number of nitrogens with two attached hydrogens (primary N) is 1. The van der Waals surface area contributed by atoms with Crippen LogP contribution in [-0.2, 0) is 10.0 Å². The summed E-state index contributed by atoms with van der Waals surface area (Å²) < 4.78 is 36.0. The number of carbonyl (C=O) groups excluding carboxylic acids is 1. The number of sulfonamides is 1. The number of halogens is 1. The molecule has 3 rings (SSSR count). The van der Waals surface area contributed by atoms with Crippen LogP contribution in [0.5, 0.6) is 0 Å². The van der Waals surface area contributed by atoms with Crippen LogP contribution in [0, 0.1) is 5.82 Å². The van der Waals surface area contributed by atoms with Crippen molar-refractivity contribution in [3.05, 3.63) is 65.5 Å². The van der Waals surface area contributed by atoms with Crippen LogP contribution in [0.1, 0.15) is 34.8 Å². The van der Waals surface area contributed by atoms with Gasteiger partial charge in [0.1, 0.15) is 5.82 Å². The average molecular weight is 348 g/mol. The largest absolute Gasteiger partial charge is 0.332 e. The minimum absolute atomic E-state index is 0.0397. The van der Waals surface area contributed by atoms with E-state index in [4.69, 9.17) is 5.14 Å². The number of primary sulfonamides is 1. The molecule has 1 aliphatic rings. The van der Waals surface area contributed by atoms with Gasteiger partial charge in [0, 0.05) is 12.1 Å². The third-order valence-electron chi connectivity index (χ3n) is 4.18. The molecular weight excluding hydrogens is 331 g/mol. The highest BCUT2D eigenvalue weighted by atomic mass is 32.2. The molecule has 1 aliphatic heterocycles. The lowest BCUT2D eigenvalue weighted by atomic mass is 10.0. The van der Waals surface area contributed by atoms with Gasteiger partial charge in [0.05, 0.1) is 10.9 Å². The van der Waals surface area contributed by atoms with Gasteiger partial charge in [-0.3, -0.25) is 4.79 Å². The number of hydrogen-bond acceptors (Lipinski definition) is 3. The molecule has 2 N–H and O–H groups in total. The summed E-state index contributed by atoms with van der Waals surface area (Å²) in [5.41, 5.74) is 1.15. The standard InChI is InChI=1S/C17H17FN2O3S/c18-14-4-1-3-13(11-14)16-5-2-10-20(16)17(21)12-6-8-15(9-7-12)24(19,22)23/h1,3-4,6-9,11,16H,2,5,10H2,(H2,19,22,23)/t16-/m1/s1. The normalized spacial score (nSPS) is 17.9. The predicted molar refractivity (Wildman–Crippen MR) is 87.2 cm³/mol. The van der Waals surface area contributed by atoms with Gasteiger partial charge in [0.2, 0.25) is 10.0 Å². The maximum absolute atomic E-state index is 13.5. The highest BCUT2D eigenvalue weighted by Gasteiger charge is 2.30. The minimum atomic E-state index is -3.79. The van der Waals surface area contributed by atoms with Gasteiger partial charge in [0.15, 0.2) is 0 Å². The van der Waals surface area contributed by atoms with E-state index in [0.29, 0.717) is 12.1 Å². The highest BCUT2D eigenvalue weighted by Crippen LogP contribution is 2.33. The van der Waals surface area contributed by atoms with E-state index in [2.05, 4.69) is 0 Å². The number of nitrogens with zero attached hydrogens (tertiary/aromatic N) is 1. The summed E-state index contributed by atoms with van der Waals surface area (Å²) in [6.45, 7) is 0.580. The monoisotopic (exact) mass is 348 g/mol. The van der Waals surface area contributed by atoms with Crippen molar-refractivity contribution < 1.29 is 17.6 Å². The molecule has 126 valence electrons. The lowest BCUT2D eigenvalue weighted by Crippen LogP contribution is -2.30. The Morgan fingerprint density at radius 2 is 1.88 bits per heavy atom. The van der Waals surface area contributed by atoms with E-state index in [1.807, 2.05) is 6.07 Å². The van der Waals surface area contributed by atoms with Crippen molar-refractivity contribution in [2.75, 3.05) is 6.54 Å². The zero-order valence-electron chi connectivity index (χ0n) is 12.9. The van der Waals surface area contributed by atoms with Crippen LogP contribution >= 0.6 is 0 Å². The van der Waals surface area contributed by atoms with E-state index in [-0.39, 0.29) is 22.7 Å². The van der Waals surface area contributed by atoms with Crippen molar-refractivity contribution in [1.29, 1.82) is 0 Å². The van der Waals surface area contributed by atoms with Crippen LogP contribution in [0.4, 0.5) is 4.39 Å². The SMILES string of the molecule is NS(=O)(=O)c1ccc(C(=O)N2CCC[C@@H]2c2cccc(F)c2)cc1. The zero-order valence-corrected chi connectivity index (χ0v) is 13.7. The van der Waals surface area contributed by atoms with Gasteiger partial charge in [-0.15, -0.1) is 0 Å². The van der Waals surface area contributed by atoms with Crippen LogP contribution < -0.4 is 5.14 Å². The average Bonchev–Trinajstić information content (AvgIpc) is 3.03. The first-order valence-corrected chi connectivity index (χ1v) is 9.10. The Kier molecular flexibility index (Phi) is 4.38. The number of hydrogen-bond donors (Lipinski definition) is 1. The van der Waals surface area contributed by atoms with Crippen molar-refractivity contribution in [1.82, 2.24) is 4.90 Å². The Hall–Kier alpha value is -2.25. The number of amides is 1. The Bertz CT molecular complexity index is 866. The molecule has 1 atom stereocenters. The van der Waals surface area contributed by atoms with Crippen LogP contribution in [0.25, 0.3) is 0 Å². The lowest BCUT2D eigenvalue weighted by Gasteiger charge is -2.25. The molecule has 0 radical (unpaired) electrons. The fourth-order valence-corrected chi connectivity index (χ4v) is 3.54. The molecule has 0 aliphatic carbocycles. The summed E-state index contributed by atoms with van der Waals surface area (Å²) >= 11 is 0. The number of likely N-dealkylation sites (tertiary alicyclic amines) is 1. The van der Waals surface area contributed by atoms with Crippen molar-refractivity contribution in [3.8, 4) is 0 Å². The van der Waals surface area contributed by atoms with Crippen LogP contribution in [0.2, 0.25) is 0 Å². The Morgan fingerprint density at radius 1 is 1.17 bits per heavy atom. The van der Waals surface area contributed by atoms with Crippen LogP contribution in [0.15, 0.2) is 53.4 Å². The first kappa shape index (κ1) is 16.6. The summed E-state index contributed by atoms with van der Waals surface area (Å²) in [6, 6.07) is 11.6. The van der Waals surface area contributed by atoms with E-state index in [0.717, 1.165) is 18.4 Å². The molecule has 0 aromatic heterocycles. The van der Waals surface area contributed by atoms with E-state index in [1.54, 1.807) is 11.0 Å². The maximum Gasteiger partial charge on any atom is 0.254 e. The Morgan fingerprint density at radius 3 is 2.50 bits per heavy atom. The van der Waals surface area contributed by atoms with E-state index in [9.17, 15) is 17.6 Å². The van der Waals surface area contributed by atoms with Crippen molar-refractivity contribution in [3.63, 3.8) is 0 Å². The van der Waals surface area contributed by atoms with E-state index in [1.165, 1.54) is 36.4 Å². The van der Waals surface area contributed by atoms with E-state index >= 15 is 0 Å². The lowest BCUT2D eigenvalue weighted by molar-refractivity contribution is 0.0735. The first-order valence-electron chi connectivity index (χ1n) is 7.55. The summed E-state index contributed by atoms with van der Waals surface area (Å²) in [6.07, 6.45) is 1.60. The van der Waals surface area contributed by atoms with Gasteiger partial charge >= 0.3 is 0 Å². The molecule has 0 bridgehead atoms. The molecule has 0 spiro atoms. The van der Waals surface area contributed by atoms with Gasteiger partial charge in [-0.2, -0.15) is 0 Å². The summed E-state index contributed by atoms with van der Waals surface area (Å²) in [4.78, 5) is 14.4. The molecule has 24 heavy (non-hydrogen) atoms. The topological polar surface area (TPSA) is 80.5 Å². The third-order valence-corrected chi connectivity index (χ3v) is 5.11. The molecule has 1 heterocycles. The molecule has 5 nitrogen and oxygen atoms in total. The second-order valence-electron chi connectivity index (χ2n) is 5.78. The summed E-state index contributed by atoms with van der Waals surface area (Å²) in [7, 11) is -3.79. The van der Waals surface area contributed by atoms with Gasteiger partial charge in [0.25, 0.3) is 5.91 Å². The fraction of sp³-hybridized carbons (Fsp3) is 0.235. The van der Waals surface area contributed by atoms with Crippen LogP contribution in [-0.4, -0.2) is 25.8 Å². The second kappa shape index (κ2) is 6.33. The Labute approximate surface area is 139 Å². The maximum atomic E-state index is 13.5. The highest BCUT2D eigenvalue weighted by molar-refractivity contribution is 7.89. The van der Waals surface area contributed by atoms with E-state index < -0.39 is 10.0 Å². The zero-order chi connectivity index (χ0) is 17.3. The quantitative estimate of drug-likeness (QED) is 0.925. The summed E-state index contributed by atoms with van der Waals surface area (Å²) in [5.74, 6) is -0.535. The van der Waals surface area contributed by atoms with Crippen molar-refractivity contribution in [2.45, 2.75) is 23.8 Å². The summed E-state index contributed by atoms with van der Waals surface area (Å²) in [5, 5.41) is 5.06. The molecule has 1 amide bonds. The van der Waals surface area contributed by atoms with Crippen LogP contribution in [0.3, 0.4) is 0 Å². The molecule has 2 aromatic carbocycles. The fourth-order valence-electron chi connectivity index (χ4n) is 3.02.